The molecule has 104 valence electrons. The SMILES string of the molecule is Cc1cc(C(=O)O)c(NC(=O)c2ccc([N+](=O)[O-])o2)s1. The highest BCUT2D eigenvalue weighted by molar-refractivity contribution is 7.16. The summed E-state index contributed by atoms with van der Waals surface area (Å²) in [6.45, 7) is 1.70. The van der Waals surface area contributed by atoms with E-state index < -0.39 is 22.7 Å². The van der Waals surface area contributed by atoms with Crippen LogP contribution in [0.2, 0.25) is 0 Å². The quantitative estimate of drug-likeness (QED) is 0.660. The molecule has 0 saturated heterocycles. The number of thiophene rings is 1. The Hall–Kier alpha value is -2.68. The van der Waals surface area contributed by atoms with Crippen molar-refractivity contribution in [3.63, 3.8) is 0 Å². The van der Waals surface area contributed by atoms with Gasteiger partial charge in [0.1, 0.15) is 9.92 Å². The van der Waals surface area contributed by atoms with Gasteiger partial charge in [-0.25, -0.2) is 4.79 Å². The van der Waals surface area contributed by atoms with Crippen LogP contribution < -0.4 is 5.32 Å². The number of furan rings is 1. The first-order valence-corrected chi connectivity index (χ1v) is 6.09. The van der Waals surface area contributed by atoms with E-state index in [4.69, 9.17) is 9.52 Å². The first kappa shape index (κ1) is 13.7. The standard InChI is InChI=1S/C11H8N2O6S/c1-5-4-6(11(15)16)10(20-5)12-9(14)7-2-3-8(19-7)13(17)18/h2-4H,1H3,(H,12,14)(H,15,16). The minimum atomic E-state index is -1.17. The van der Waals surface area contributed by atoms with Crippen LogP contribution in [0.25, 0.3) is 0 Å². The normalized spacial score (nSPS) is 10.2. The number of nitrogens with zero attached hydrogens (tertiary/aromatic N) is 1. The summed E-state index contributed by atoms with van der Waals surface area (Å²) in [7, 11) is 0. The number of carboxylic acids is 1. The van der Waals surface area contributed by atoms with Crippen LogP contribution in [0.5, 0.6) is 0 Å². The van der Waals surface area contributed by atoms with Gasteiger partial charge in [0.25, 0.3) is 5.91 Å². The van der Waals surface area contributed by atoms with Gasteiger partial charge >= 0.3 is 11.9 Å². The number of aromatic carboxylic acids is 1. The minimum absolute atomic E-state index is 0.0399. The smallest absolute Gasteiger partial charge is 0.433 e. The molecule has 0 unspecified atom stereocenters. The van der Waals surface area contributed by atoms with Gasteiger partial charge in [0.15, 0.2) is 5.76 Å². The summed E-state index contributed by atoms with van der Waals surface area (Å²) in [4.78, 5) is 33.2. The zero-order chi connectivity index (χ0) is 14.9. The number of rotatable bonds is 4. The van der Waals surface area contributed by atoms with Crippen LogP contribution in [0, 0.1) is 17.0 Å². The van der Waals surface area contributed by atoms with E-state index >= 15 is 0 Å². The van der Waals surface area contributed by atoms with Crippen LogP contribution in [0.1, 0.15) is 25.8 Å². The lowest BCUT2D eigenvalue weighted by Gasteiger charge is -2.00. The molecule has 2 aromatic heterocycles. The third-order valence-corrected chi connectivity index (χ3v) is 3.27. The van der Waals surface area contributed by atoms with E-state index in [1.165, 1.54) is 6.07 Å². The van der Waals surface area contributed by atoms with E-state index in [0.717, 1.165) is 23.5 Å². The number of nitrogens with one attached hydrogen (secondary N) is 1. The van der Waals surface area contributed by atoms with Crippen molar-refractivity contribution in [3.05, 3.63) is 44.5 Å². The van der Waals surface area contributed by atoms with E-state index in [9.17, 15) is 19.7 Å². The largest absolute Gasteiger partial charge is 0.478 e. The number of carboxylic acid groups (broad SMARTS) is 1. The number of anilines is 1. The Bertz CT molecular complexity index is 702. The molecule has 0 bridgehead atoms. The molecule has 0 fully saturated rings. The van der Waals surface area contributed by atoms with Crippen molar-refractivity contribution in [2.24, 2.45) is 0 Å². The van der Waals surface area contributed by atoms with Crippen LogP contribution in [0.3, 0.4) is 0 Å². The average molecular weight is 296 g/mol. The van der Waals surface area contributed by atoms with Crippen molar-refractivity contribution in [2.75, 3.05) is 5.32 Å². The predicted molar refractivity (Wildman–Crippen MR) is 69.3 cm³/mol. The molecule has 0 atom stereocenters. The molecule has 1 amide bonds. The summed E-state index contributed by atoms with van der Waals surface area (Å²) in [5.41, 5.74) is -0.0399. The van der Waals surface area contributed by atoms with Gasteiger partial charge < -0.3 is 14.8 Å². The van der Waals surface area contributed by atoms with Crippen molar-refractivity contribution in [1.82, 2.24) is 0 Å². The number of amides is 1. The fourth-order valence-corrected chi connectivity index (χ4v) is 2.38. The maximum absolute atomic E-state index is 11.8. The average Bonchev–Trinajstić information content (AvgIpc) is 2.95. The summed E-state index contributed by atoms with van der Waals surface area (Å²) in [6.07, 6.45) is 0. The monoisotopic (exact) mass is 296 g/mol. The van der Waals surface area contributed by atoms with Crippen molar-refractivity contribution in [3.8, 4) is 0 Å². The highest BCUT2D eigenvalue weighted by Crippen LogP contribution is 2.28. The number of hydrogen-bond acceptors (Lipinski definition) is 6. The van der Waals surface area contributed by atoms with Crippen molar-refractivity contribution in [2.45, 2.75) is 6.92 Å². The van der Waals surface area contributed by atoms with Gasteiger partial charge in [-0.2, -0.15) is 0 Å². The van der Waals surface area contributed by atoms with Crippen LogP contribution in [0.4, 0.5) is 10.9 Å². The fourth-order valence-electron chi connectivity index (χ4n) is 1.48. The Kier molecular flexibility index (Phi) is 3.53. The molecular formula is C11H8N2O6S. The van der Waals surface area contributed by atoms with E-state index in [-0.39, 0.29) is 16.3 Å². The highest BCUT2D eigenvalue weighted by Gasteiger charge is 2.20. The first-order valence-electron chi connectivity index (χ1n) is 5.28. The maximum atomic E-state index is 11.8. The number of carbonyl (C=O) groups is 2. The minimum Gasteiger partial charge on any atom is -0.478 e. The van der Waals surface area contributed by atoms with E-state index in [0.29, 0.717) is 4.88 Å². The van der Waals surface area contributed by atoms with Gasteiger partial charge in [-0.15, -0.1) is 11.3 Å². The molecule has 0 aliphatic heterocycles. The summed E-state index contributed by atoms with van der Waals surface area (Å²) in [6, 6.07) is 3.62. The lowest BCUT2D eigenvalue weighted by molar-refractivity contribution is -0.402. The topological polar surface area (TPSA) is 123 Å². The van der Waals surface area contributed by atoms with Crippen LogP contribution >= 0.6 is 11.3 Å². The van der Waals surface area contributed by atoms with Gasteiger partial charge in [0.05, 0.1) is 11.6 Å². The number of aryl methyl sites for hydroxylation is 1. The Morgan fingerprint density at radius 1 is 1.45 bits per heavy atom. The van der Waals surface area contributed by atoms with Gasteiger partial charge in [0, 0.05) is 4.88 Å². The summed E-state index contributed by atoms with van der Waals surface area (Å²) in [5.74, 6) is -2.74. The molecule has 0 aliphatic rings. The third-order valence-electron chi connectivity index (χ3n) is 2.31. The van der Waals surface area contributed by atoms with Crippen molar-refractivity contribution < 1.29 is 24.0 Å². The second-order valence-corrected chi connectivity index (χ2v) is 5.01. The molecule has 2 aromatic rings. The number of carbonyl (C=O) groups excluding carboxylic acids is 1. The second kappa shape index (κ2) is 5.13. The summed E-state index contributed by atoms with van der Waals surface area (Å²) in [5, 5.41) is 21.9. The molecule has 0 aliphatic carbocycles. The molecule has 0 radical (unpaired) electrons. The van der Waals surface area contributed by atoms with Crippen molar-refractivity contribution >= 4 is 34.1 Å². The third kappa shape index (κ3) is 2.67. The molecule has 0 aromatic carbocycles. The molecule has 8 nitrogen and oxygen atoms in total. The predicted octanol–water partition coefficient (Wildman–Crippen LogP) is 2.51. The van der Waals surface area contributed by atoms with E-state index in [1.807, 2.05) is 0 Å². The molecular weight excluding hydrogens is 288 g/mol. The van der Waals surface area contributed by atoms with Gasteiger partial charge in [-0.05, 0) is 19.1 Å². The van der Waals surface area contributed by atoms with Crippen LogP contribution in [-0.4, -0.2) is 21.9 Å². The highest BCUT2D eigenvalue weighted by atomic mass is 32.1. The molecule has 20 heavy (non-hydrogen) atoms. The van der Waals surface area contributed by atoms with E-state index in [1.54, 1.807) is 6.92 Å². The van der Waals surface area contributed by atoms with Crippen LogP contribution in [-0.2, 0) is 0 Å². The Morgan fingerprint density at radius 2 is 2.15 bits per heavy atom. The Labute approximate surface area is 115 Å². The number of nitro groups is 1. The van der Waals surface area contributed by atoms with Gasteiger partial charge in [-0.3, -0.25) is 14.9 Å². The molecule has 0 saturated carbocycles. The first-order chi connectivity index (χ1) is 9.38. The van der Waals surface area contributed by atoms with E-state index in [2.05, 4.69) is 5.32 Å². The zero-order valence-electron chi connectivity index (χ0n) is 10.1. The molecule has 2 rings (SSSR count). The maximum Gasteiger partial charge on any atom is 0.433 e. The molecule has 9 heteroatoms. The fraction of sp³-hybridized carbons (Fsp3) is 0.0909. The van der Waals surface area contributed by atoms with Gasteiger partial charge in [0.2, 0.25) is 0 Å². The summed E-state index contributed by atoms with van der Waals surface area (Å²) < 4.78 is 4.73. The Morgan fingerprint density at radius 3 is 2.70 bits per heavy atom. The number of hydrogen-bond donors (Lipinski definition) is 2. The zero-order valence-corrected chi connectivity index (χ0v) is 10.9. The van der Waals surface area contributed by atoms with Crippen molar-refractivity contribution in [1.29, 1.82) is 0 Å². The molecule has 2 N–H and O–H groups in total. The lowest BCUT2D eigenvalue weighted by Crippen LogP contribution is -2.12. The van der Waals surface area contributed by atoms with Gasteiger partial charge in [-0.1, -0.05) is 0 Å². The second-order valence-electron chi connectivity index (χ2n) is 3.75. The Balaban J connectivity index is 2.23. The molecule has 2 heterocycles. The van der Waals surface area contributed by atoms with Crippen LogP contribution in [0.15, 0.2) is 22.6 Å². The molecule has 0 spiro atoms. The summed E-state index contributed by atoms with van der Waals surface area (Å²) >= 11 is 1.09. The lowest BCUT2D eigenvalue weighted by atomic mass is 10.3.